The van der Waals surface area contributed by atoms with E-state index in [2.05, 4.69) is 47.4 Å². The molecule has 1 unspecified atom stereocenters. The van der Waals surface area contributed by atoms with E-state index in [0.29, 0.717) is 16.3 Å². The SMILES string of the molecule is CC(C)C[C@H](NC(=O)c1cc2ccccc2s1)C(=O)N[C@H]1CCN(Cc2ccc(OC3CCN(C)C3)c(Cl)c2)C1.O=C(O)C(F)(F)F. The van der Waals surface area contributed by atoms with Crippen molar-refractivity contribution in [3.05, 3.63) is 64.0 Å². The third-order valence-corrected chi connectivity index (χ3v) is 9.29. The molecule has 2 saturated heterocycles. The van der Waals surface area contributed by atoms with E-state index < -0.39 is 18.2 Å². The highest BCUT2D eigenvalue weighted by atomic mass is 35.5. The Morgan fingerprint density at radius 2 is 1.81 bits per heavy atom. The van der Waals surface area contributed by atoms with E-state index in [4.69, 9.17) is 26.2 Å². The first-order chi connectivity index (χ1) is 22.2. The number of rotatable bonds is 10. The number of benzene rings is 2. The summed E-state index contributed by atoms with van der Waals surface area (Å²) in [5.41, 5.74) is 1.13. The number of amides is 2. The van der Waals surface area contributed by atoms with Crippen molar-refractivity contribution in [3.8, 4) is 5.75 Å². The van der Waals surface area contributed by atoms with Crippen LogP contribution in [0, 0.1) is 5.92 Å². The number of hydrogen-bond donors (Lipinski definition) is 3. The van der Waals surface area contributed by atoms with Gasteiger partial charge >= 0.3 is 12.1 Å². The van der Waals surface area contributed by atoms with Crippen LogP contribution in [-0.2, 0) is 16.1 Å². The second-order valence-electron chi connectivity index (χ2n) is 12.4. The molecule has 5 rings (SSSR count). The molecule has 256 valence electrons. The van der Waals surface area contributed by atoms with E-state index in [1.807, 2.05) is 42.5 Å². The summed E-state index contributed by atoms with van der Waals surface area (Å²) in [6, 6.07) is 15.3. The van der Waals surface area contributed by atoms with Crippen molar-refractivity contribution < 1.29 is 37.4 Å². The Hall–Kier alpha value is -3.39. The highest BCUT2D eigenvalue weighted by Crippen LogP contribution is 2.29. The first kappa shape index (κ1) is 36.4. The highest BCUT2D eigenvalue weighted by molar-refractivity contribution is 7.20. The summed E-state index contributed by atoms with van der Waals surface area (Å²) < 4.78 is 38.9. The van der Waals surface area contributed by atoms with Gasteiger partial charge in [-0.15, -0.1) is 11.3 Å². The van der Waals surface area contributed by atoms with Gasteiger partial charge in [-0.2, -0.15) is 13.2 Å². The van der Waals surface area contributed by atoms with Gasteiger partial charge in [-0.1, -0.05) is 49.7 Å². The minimum Gasteiger partial charge on any atom is -0.487 e. The largest absolute Gasteiger partial charge is 0.490 e. The van der Waals surface area contributed by atoms with Crippen molar-refractivity contribution in [1.82, 2.24) is 20.4 Å². The first-order valence-electron chi connectivity index (χ1n) is 15.4. The molecule has 0 spiro atoms. The molecule has 2 amide bonds. The normalized spacial score (nSPS) is 19.3. The van der Waals surface area contributed by atoms with Crippen molar-refractivity contribution in [2.75, 3.05) is 33.2 Å². The number of nitrogens with zero attached hydrogens (tertiary/aromatic N) is 2. The zero-order chi connectivity index (χ0) is 34.3. The standard InChI is InChI=1S/C31H39ClN4O3S.C2HF3O2/c1-20(2)14-26(34-31(38)29-16-22-6-4-5-7-28(22)40-29)30(37)33-23-10-13-36(18-23)17-21-8-9-27(25(32)15-21)39-24-11-12-35(3)19-24;3-2(4,5)1(6)7/h4-9,15-16,20,23-24,26H,10-14,17-19H2,1-3H3,(H,33,37)(H,34,38);(H,6,7)/t23-,24?,26-;/m0./s1. The topological polar surface area (TPSA) is 111 Å². The summed E-state index contributed by atoms with van der Waals surface area (Å²) in [5, 5.41) is 15.0. The summed E-state index contributed by atoms with van der Waals surface area (Å²) in [4.78, 5) is 40.5. The lowest BCUT2D eigenvalue weighted by molar-refractivity contribution is -0.192. The number of thiophene rings is 1. The maximum Gasteiger partial charge on any atom is 0.490 e. The number of carbonyl (C=O) groups excluding carboxylic acids is 2. The van der Waals surface area contributed by atoms with Crippen LogP contribution in [0.15, 0.2) is 48.5 Å². The predicted molar refractivity (Wildman–Crippen MR) is 176 cm³/mol. The van der Waals surface area contributed by atoms with Crippen LogP contribution in [0.5, 0.6) is 5.75 Å². The number of alkyl halides is 3. The maximum absolute atomic E-state index is 13.3. The van der Waals surface area contributed by atoms with Gasteiger partial charge in [0.05, 0.1) is 9.90 Å². The average molecular weight is 697 g/mol. The van der Waals surface area contributed by atoms with Gasteiger partial charge in [0, 0.05) is 43.5 Å². The van der Waals surface area contributed by atoms with E-state index >= 15 is 0 Å². The lowest BCUT2D eigenvalue weighted by Gasteiger charge is -2.23. The van der Waals surface area contributed by atoms with Gasteiger partial charge in [0.1, 0.15) is 17.9 Å². The van der Waals surface area contributed by atoms with E-state index in [0.717, 1.165) is 67.0 Å². The lowest BCUT2D eigenvalue weighted by Crippen LogP contribution is -2.50. The van der Waals surface area contributed by atoms with Gasteiger partial charge < -0.3 is 25.4 Å². The van der Waals surface area contributed by atoms with E-state index in [1.165, 1.54) is 11.3 Å². The molecule has 0 bridgehead atoms. The van der Waals surface area contributed by atoms with E-state index in [-0.39, 0.29) is 29.9 Å². The summed E-state index contributed by atoms with van der Waals surface area (Å²) in [6.45, 7) is 8.51. The van der Waals surface area contributed by atoms with Crippen LogP contribution < -0.4 is 15.4 Å². The Morgan fingerprint density at radius 3 is 2.43 bits per heavy atom. The monoisotopic (exact) mass is 696 g/mol. The van der Waals surface area contributed by atoms with Crippen LogP contribution >= 0.6 is 22.9 Å². The van der Waals surface area contributed by atoms with Crippen molar-refractivity contribution in [3.63, 3.8) is 0 Å². The number of ether oxygens (including phenoxy) is 1. The second-order valence-corrected chi connectivity index (χ2v) is 13.9. The smallest absolute Gasteiger partial charge is 0.487 e. The molecule has 3 heterocycles. The van der Waals surface area contributed by atoms with Gasteiger partial charge in [0.15, 0.2) is 0 Å². The van der Waals surface area contributed by atoms with Crippen molar-refractivity contribution in [2.45, 2.75) is 64.0 Å². The van der Waals surface area contributed by atoms with Crippen LogP contribution in [0.1, 0.15) is 48.3 Å². The minimum atomic E-state index is -5.08. The molecule has 9 nitrogen and oxygen atoms in total. The third-order valence-electron chi connectivity index (χ3n) is 7.88. The minimum absolute atomic E-state index is 0.0424. The summed E-state index contributed by atoms with van der Waals surface area (Å²) in [5.74, 6) is -2.06. The number of carbonyl (C=O) groups is 3. The van der Waals surface area contributed by atoms with E-state index in [1.54, 1.807) is 0 Å². The molecule has 2 aliphatic heterocycles. The fourth-order valence-electron chi connectivity index (χ4n) is 5.59. The number of carboxylic acid groups (broad SMARTS) is 1. The third kappa shape index (κ3) is 10.8. The van der Waals surface area contributed by atoms with Gasteiger partial charge in [0.2, 0.25) is 5.91 Å². The van der Waals surface area contributed by atoms with Crippen LogP contribution in [-0.4, -0.2) is 90.3 Å². The molecule has 2 fully saturated rings. The van der Waals surface area contributed by atoms with Crippen molar-refractivity contribution in [1.29, 1.82) is 0 Å². The molecule has 3 N–H and O–H groups in total. The van der Waals surface area contributed by atoms with Crippen LogP contribution in [0.2, 0.25) is 5.02 Å². The summed E-state index contributed by atoms with van der Waals surface area (Å²) >= 11 is 8.02. The molecular formula is C33H40ClF3N4O5S. The Balaban J connectivity index is 0.000000644. The summed E-state index contributed by atoms with van der Waals surface area (Å²) in [6.07, 6.45) is -2.43. The number of likely N-dealkylation sites (tertiary alicyclic amines) is 2. The molecule has 2 aromatic carbocycles. The van der Waals surface area contributed by atoms with Crippen LogP contribution in [0.25, 0.3) is 10.1 Å². The molecule has 47 heavy (non-hydrogen) atoms. The van der Waals surface area contributed by atoms with Gasteiger partial charge in [-0.05, 0) is 67.4 Å². The Kier molecular flexibility index (Phi) is 12.5. The molecule has 1 aromatic heterocycles. The van der Waals surface area contributed by atoms with Crippen molar-refractivity contribution in [2.24, 2.45) is 5.92 Å². The summed E-state index contributed by atoms with van der Waals surface area (Å²) in [7, 11) is 2.10. The number of carboxylic acids is 1. The highest BCUT2D eigenvalue weighted by Gasteiger charge is 2.38. The van der Waals surface area contributed by atoms with Gasteiger partial charge in [-0.3, -0.25) is 14.5 Å². The van der Waals surface area contributed by atoms with E-state index in [9.17, 15) is 22.8 Å². The molecule has 0 saturated carbocycles. The first-order valence-corrected chi connectivity index (χ1v) is 16.6. The quantitative estimate of drug-likeness (QED) is 0.246. The number of fused-ring (bicyclic) bond motifs is 1. The number of hydrogen-bond acceptors (Lipinski definition) is 7. The van der Waals surface area contributed by atoms with Gasteiger partial charge in [0.25, 0.3) is 5.91 Å². The molecule has 0 radical (unpaired) electrons. The predicted octanol–water partition coefficient (Wildman–Crippen LogP) is 5.81. The number of likely N-dealkylation sites (N-methyl/N-ethyl adjacent to an activating group) is 1. The molecular weight excluding hydrogens is 657 g/mol. The second kappa shape index (κ2) is 16.1. The lowest BCUT2D eigenvalue weighted by atomic mass is 10.0. The van der Waals surface area contributed by atoms with Crippen LogP contribution in [0.3, 0.4) is 0 Å². The van der Waals surface area contributed by atoms with Crippen molar-refractivity contribution >= 4 is 50.8 Å². The fraction of sp³-hybridized carbons (Fsp3) is 0.485. The van der Waals surface area contributed by atoms with Gasteiger partial charge in [-0.25, -0.2) is 4.79 Å². The Morgan fingerprint density at radius 1 is 1.09 bits per heavy atom. The molecule has 3 aromatic rings. The maximum atomic E-state index is 13.3. The number of halogens is 4. The average Bonchev–Trinajstić information content (AvgIpc) is 3.73. The molecule has 3 atom stereocenters. The molecule has 14 heteroatoms. The van der Waals surface area contributed by atoms with Crippen LogP contribution in [0.4, 0.5) is 13.2 Å². The number of nitrogens with one attached hydrogen (secondary N) is 2. The molecule has 0 aliphatic carbocycles. The molecule has 2 aliphatic rings. The Bertz CT molecular complexity index is 1520. The fourth-order valence-corrected chi connectivity index (χ4v) is 6.80. The zero-order valence-electron chi connectivity index (χ0n) is 26.5. The Labute approximate surface area is 281 Å². The zero-order valence-corrected chi connectivity index (χ0v) is 28.1. The number of aliphatic carboxylic acids is 1.